The Morgan fingerprint density at radius 1 is 1.39 bits per heavy atom. The number of rotatable bonds is 5. The summed E-state index contributed by atoms with van der Waals surface area (Å²) in [4.78, 5) is 24.7. The van der Waals surface area contributed by atoms with E-state index < -0.39 is 17.9 Å². The molecule has 0 aliphatic carbocycles. The van der Waals surface area contributed by atoms with Gasteiger partial charge in [-0.15, -0.1) is 0 Å². The fraction of sp³-hybridized carbons (Fsp3) is 0.267. The Balaban J connectivity index is 2.36. The summed E-state index contributed by atoms with van der Waals surface area (Å²) >= 11 is 6.13. The monoisotopic (exact) mass is 352 g/mol. The van der Waals surface area contributed by atoms with E-state index in [4.69, 9.17) is 21.7 Å². The van der Waals surface area contributed by atoms with E-state index in [0.29, 0.717) is 22.0 Å². The number of methoxy groups -OCH3 is 2. The van der Waals surface area contributed by atoms with Crippen molar-refractivity contribution < 1.29 is 24.2 Å². The van der Waals surface area contributed by atoms with Crippen LogP contribution in [0.2, 0.25) is 0 Å². The Labute approximate surface area is 143 Å². The third kappa shape index (κ3) is 3.48. The van der Waals surface area contributed by atoms with E-state index in [2.05, 4.69) is 0 Å². The summed E-state index contributed by atoms with van der Waals surface area (Å²) in [5, 5.41) is 11.0. The number of nitrogens with zero attached hydrogens (tertiary/aromatic N) is 1. The minimum absolute atomic E-state index is 0.186. The number of thioether (sulfide) groups is 1. The molecule has 1 fully saturated rings. The maximum absolute atomic E-state index is 12.4. The van der Waals surface area contributed by atoms with Crippen LogP contribution in [0.25, 0.3) is 6.08 Å². The number of hydrogen-bond acceptors (Lipinski definition) is 7. The van der Waals surface area contributed by atoms with E-state index in [9.17, 15) is 14.7 Å². The lowest BCUT2D eigenvalue weighted by atomic mass is 10.1. The van der Waals surface area contributed by atoms with Crippen molar-refractivity contribution in [3.8, 4) is 11.5 Å². The van der Waals surface area contributed by atoms with Gasteiger partial charge in [0, 0.05) is 11.6 Å². The second-order valence-electron chi connectivity index (χ2n) is 4.65. The van der Waals surface area contributed by atoms with E-state index in [1.807, 2.05) is 0 Å². The fourth-order valence-electron chi connectivity index (χ4n) is 2.00. The predicted molar refractivity (Wildman–Crippen MR) is 89.0 cm³/mol. The normalized spacial score (nSPS) is 17.5. The summed E-state index contributed by atoms with van der Waals surface area (Å²) in [5.74, 6) is -0.668. The molecule has 0 bridgehead atoms. The topological polar surface area (TPSA) is 78.9 Å². The highest BCUT2D eigenvalue weighted by molar-refractivity contribution is 8.26. The van der Waals surface area contributed by atoms with Gasteiger partial charge in [0.15, 0.2) is 0 Å². The third-order valence-corrected chi connectivity index (χ3v) is 4.61. The molecule has 122 valence electrons. The summed E-state index contributed by atoms with van der Waals surface area (Å²) in [6, 6.07) is 4.05. The van der Waals surface area contributed by atoms with Gasteiger partial charge < -0.3 is 19.4 Å². The van der Waals surface area contributed by atoms with Crippen LogP contribution in [0, 0.1) is 0 Å². The van der Waals surface area contributed by atoms with E-state index in [-0.39, 0.29) is 4.32 Å². The first-order valence-corrected chi connectivity index (χ1v) is 7.81. The zero-order valence-electron chi connectivity index (χ0n) is 12.7. The first kappa shape index (κ1) is 17.3. The molecular formula is C15H14NO5S2-. The van der Waals surface area contributed by atoms with Crippen molar-refractivity contribution in [2.24, 2.45) is 0 Å². The number of hydrogen-bond donors (Lipinski definition) is 0. The number of carboxylic acids is 1. The zero-order chi connectivity index (χ0) is 17.1. The second-order valence-corrected chi connectivity index (χ2v) is 6.33. The molecule has 0 saturated carbocycles. The number of aliphatic carboxylic acids is 1. The number of thiocarbonyl (C=S) groups is 1. The Morgan fingerprint density at radius 2 is 2.09 bits per heavy atom. The van der Waals surface area contributed by atoms with Crippen LogP contribution in [0.15, 0.2) is 23.1 Å². The van der Waals surface area contributed by atoms with Gasteiger partial charge in [-0.05, 0) is 25.1 Å². The van der Waals surface area contributed by atoms with Gasteiger partial charge in [0.1, 0.15) is 15.8 Å². The molecule has 23 heavy (non-hydrogen) atoms. The van der Waals surface area contributed by atoms with E-state index in [0.717, 1.165) is 16.7 Å². The van der Waals surface area contributed by atoms with Gasteiger partial charge in [-0.1, -0.05) is 24.0 Å². The molecule has 1 aliphatic rings. The van der Waals surface area contributed by atoms with E-state index in [1.165, 1.54) is 14.0 Å². The lowest BCUT2D eigenvalue weighted by Crippen LogP contribution is -2.48. The molecule has 1 heterocycles. The van der Waals surface area contributed by atoms with Gasteiger partial charge in [0.25, 0.3) is 5.91 Å². The molecule has 1 saturated heterocycles. The van der Waals surface area contributed by atoms with Crippen LogP contribution in [-0.2, 0) is 9.59 Å². The van der Waals surface area contributed by atoms with E-state index >= 15 is 0 Å². The van der Waals surface area contributed by atoms with Gasteiger partial charge in [-0.3, -0.25) is 9.69 Å². The Hall–Kier alpha value is -2.06. The quantitative estimate of drug-likeness (QED) is 0.579. The summed E-state index contributed by atoms with van der Waals surface area (Å²) in [6.07, 6.45) is 1.61. The lowest BCUT2D eigenvalue weighted by Gasteiger charge is -2.23. The molecule has 0 aromatic heterocycles. The van der Waals surface area contributed by atoms with Gasteiger partial charge >= 0.3 is 0 Å². The molecular weight excluding hydrogens is 338 g/mol. The molecule has 0 radical (unpaired) electrons. The molecule has 0 N–H and O–H groups in total. The molecule has 8 heteroatoms. The maximum Gasteiger partial charge on any atom is 0.266 e. The molecule has 0 spiro atoms. The summed E-state index contributed by atoms with van der Waals surface area (Å²) in [6.45, 7) is 1.36. The molecule has 1 amide bonds. The van der Waals surface area contributed by atoms with Crippen LogP contribution < -0.4 is 14.6 Å². The number of ether oxygens (including phenoxy) is 2. The van der Waals surface area contributed by atoms with E-state index in [1.54, 1.807) is 31.4 Å². The smallest absolute Gasteiger partial charge is 0.266 e. The Morgan fingerprint density at radius 3 is 2.65 bits per heavy atom. The van der Waals surface area contributed by atoms with Crippen LogP contribution in [0.1, 0.15) is 12.5 Å². The molecule has 0 unspecified atom stereocenters. The summed E-state index contributed by atoms with van der Waals surface area (Å²) in [5.41, 5.74) is 0.662. The Kier molecular flexibility index (Phi) is 5.27. The fourth-order valence-corrected chi connectivity index (χ4v) is 3.41. The number of carboxylic acid groups (broad SMARTS) is 1. The van der Waals surface area contributed by atoms with Crippen molar-refractivity contribution in [1.82, 2.24) is 4.90 Å². The molecule has 1 aromatic carbocycles. The van der Waals surface area contributed by atoms with Crippen molar-refractivity contribution in [1.29, 1.82) is 0 Å². The largest absolute Gasteiger partial charge is 0.548 e. The molecule has 1 aromatic rings. The van der Waals surface area contributed by atoms with Crippen LogP contribution in [0.4, 0.5) is 0 Å². The van der Waals surface area contributed by atoms with Crippen molar-refractivity contribution in [2.75, 3.05) is 14.2 Å². The van der Waals surface area contributed by atoms with Crippen molar-refractivity contribution in [3.05, 3.63) is 28.7 Å². The molecule has 6 nitrogen and oxygen atoms in total. The first-order chi connectivity index (χ1) is 10.9. The Bertz CT molecular complexity index is 701. The minimum atomic E-state index is -1.36. The van der Waals surface area contributed by atoms with Gasteiger partial charge in [-0.2, -0.15) is 0 Å². The van der Waals surface area contributed by atoms with Gasteiger partial charge in [0.05, 0.1) is 31.1 Å². The average molecular weight is 352 g/mol. The predicted octanol–water partition coefficient (Wildman–Crippen LogP) is 1.04. The van der Waals surface area contributed by atoms with Crippen molar-refractivity contribution >= 4 is 46.3 Å². The SMILES string of the molecule is COc1ccc(/C=C2/SC(=S)N([C@H](C)C(=O)[O-])C2=O)c(OC)c1. The lowest BCUT2D eigenvalue weighted by molar-refractivity contribution is -0.309. The highest BCUT2D eigenvalue weighted by Gasteiger charge is 2.35. The molecule has 1 aliphatic heterocycles. The second kappa shape index (κ2) is 7.01. The summed E-state index contributed by atoms with van der Waals surface area (Å²) in [7, 11) is 3.05. The van der Waals surface area contributed by atoms with Crippen molar-refractivity contribution in [2.45, 2.75) is 13.0 Å². The van der Waals surface area contributed by atoms with Crippen LogP contribution >= 0.6 is 24.0 Å². The zero-order valence-corrected chi connectivity index (χ0v) is 14.3. The maximum atomic E-state index is 12.4. The minimum Gasteiger partial charge on any atom is -0.548 e. The number of carbonyl (C=O) groups excluding carboxylic acids is 2. The van der Waals surface area contributed by atoms with Crippen LogP contribution in [0.3, 0.4) is 0 Å². The van der Waals surface area contributed by atoms with Crippen molar-refractivity contribution in [3.63, 3.8) is 0 Å². The number of carbonyl (C=O) groups is 2. The van der Waals surface area contributed by atoms with Gasteiger partial charge in [0.2, 0.25) is 0 Å². The number of amides is 1. The molecule has 1 atom stereocenters. The first-order valence-electron chi connectivity index (χ1n) is 6.59. The average Bonchev–Trinajstić information content (AvgIpc) is 2.80. The van der Waals surface area contributed by atoms with Crippen LogP contribution in [-0.4, -0.2) is 41.4 Å². The third-order valence-electron chi connectivity index (χ3n) is 3.28. The number of benzene rings is 1. The standard InChI is InChI=1S/C15H15NO5S2/c1-8(14(18)19)16-13(17)12(23-15(16)22)6-9-4-5-10(20-2)7-11(9)21-3/h4-8H,1-3H3,(H,18,19)/p-1/b12-6+/t8-/m1/s1. The van der Waals surface area contributed by atoms with Crippen LogP contribution in [0.5, 0.6) is 11.5 Å². The van der Waals surface area contributed by atoms with Gasteiger partial charge in [-0.25, -0.2) is 0 Å². The summed E-state index contributed by atoms with van der Waals surface area (Å²) < 4.78 is 10.6. The highest BCUT2D eigenvalue weighted by Crippen LogP contribution is 2.36. The molecule has 2 rings (SSSR count). The highest BCUT2D eigenvalue weighted by atomic mass is 32.2.